The first-order valence-corrected chi connectivity index (χ1v) is 13.4. The van der Waals surface area contributed by atoms with E-state index in [0.717, 1.165) is 22.5 Å². The van der Waals surface area contributed by atoms with Crippen molar-refractivity contribution in [2.45, 2.75) is 0 Å². The molecule has 2 heterocycles. The van der Waals surface area contributed by atoms with Gasteiger partial charge in [0, 0.05) is 44.3 Å². The molecule has 8 rings (SSSR count). The lowest BCUT2D eigenvalue weighted by molar-refractivity contribution is 1.13. The Morgan fingerprint density at radius 1 is 0.350 bits per heavy atom. The third kappa shape index (κ3) is 3.33. The molecule has 6 aromatic carbocycles. The van der Waals surface area contributed by atoms with Crippen molar-refractivity contribution in [3.63, 3.8) is 0 Å². The van der Waals surface area contributed by atoms with Gasteiger partial charge in [-0.2, -0.15) is 0 Å². The van der Waals surface area contributed by atoms with Crippen LogP contribution in [0.25, 0.3) is 66.1 Å². The van der Waals surface area contributed by atoms with Crippen molar-refractivity contribution in [2.75, 3.05) is 11.5 Å². The molecule has 0 amide bonds. The highest BCUT2D eigenvalue weighted by molar-refractivity contribution is 6.10. The Bertz CT molecular complexity index is 1990. The largest absolute Gasteiger partial charge is 0.399 e. The fraction of sp³-hybridized carbons (Fsp3) is 0. The monoisotopic (exact) mass is 514 g/mol. The fourth-order valence-electron chi connectivity index (χ4n) is 6.26. The first-order chi connectivity index (χ1) is 19.7. The Labute approximate surface area is 231 Å². The lowest BCUT2D eigenvalue weighted by Crippen LogP contribution is -2.00. The van der Waals surface area contributed by atoms with Crippen LogP contribution in [0.1, 0.15) is 0 Å². The molecule has 0 unspecified atom stereocenters. The number of hydrogen-bond acceptors (Lipinski definition) is 2. The van der Waals surface area contributed by atoms with E-state index in [4.69, 9.17) is 11.5 Å². The van der Waals surface area contributed by atoms with Gasteiger partial charge in [-0.3, -0.25) is 0 Å². The van der Waals surface area contributed by atoms with Crippen molar-refractivity contribution in [3.8, 4) is 22.5 Å². The highest BCUT2D eigenvalue weighted by atomic mass is 15.0. The van der Waals surface area contributed by atoms with Crippen LogP contribution in [-0.4, -0.2) is 9.13 Å². The Kier molecular flexibility index (Phi) is 4.79. The van der Waals surface area contributed by atoms with Gasteiger partial charge in [-0.05, 0) is 71.8 Å². The number of benzene rings is 6. The van der Waals surface area contributed by atoms with Crippen LogP contribution < -0.4 is 11.5 Å². The predicted octanol–water partition coefficient (Wildman–Crippen LogP) is 8.71. The first kappa shape index (κ1) is 22.5. The number of rotatable bonds is 3. The summed E-state index contributed by atoms with van der Waals surface area (Å²) in [5.74, 6) is 0. The summed E-state index contributed by atoms with van der Waals surface area (Å²) >= 11 is 0. The summed E-state index contributed by atoms with van der Waals surface area (Å²) < 4.78 is 4.72. The molecule has 0 saturated carbocycles. The summed E-state index contributed by atoms with van der Waals surface area (Å²) in [6.45, 7) is 0. The maximum Gasteiger partial charge on any atom is 0.0541 e. The van der Waals surface area contributed by atoms with Crippen molar-refractivity contribution in [2.24, 2.45) is 0 Å². The summed E-state index contributed by atoms with van der Waals surface area (Å²) in [6, 6.07) is 47.0. The number of fused-ring (bicyclic) bond motifs is 6. The van der Waals surface area contributed by atoms with Gasteiger partial charge in [0.05, 0.1) is 22.1 Å². The number of nitrogens with two attached hydrogens (primary N) is 2. The van der Waals surface area contributed by atoms with E-state index < -0.39 is 0 Å². The summed E-state index contributed by atoms with van der Waals surface area (Å²) in [5, 5.41) is 4.93. The first-order valence-electron chi connectivity index (χ1n) is 13.4. The lowest BCUT2D eigenvalue weighted by atomic mass is 10.0. The highest BCUT2D eigenvalue weighted by Crippen LogP contribution is 2.38. The lowest BCUT2D eigenvalue weighted by Gasteiger charge is -2.16. The van der Waals surface area contributed by atoms with Gasteiger partial charge in [-0.1, -0.05) is 72.8 Å². The van der Waals surface area contributed by atoms with Crippen molar-refractivity contribution in [3.05, 3.63) is 133 Å². The van der Waals surface area contributed by atoms with Crippen LogP contribution in [0.5, 0.6) is 0 Å². The molecule has 0 aliphatic carbocycles. The van der Waals surface area contributed by atoms with Crippen LogP contribution in [-0.2, 0) is 0 Å². The SMILES string of the molecule is Nc1cc(N)cc(-c2cc(-n3c4ccccc4c4ccccc43)cc(-n3c4ccccc4c4ccccc43)c2)c1. The molecule has 0 aliphatic heterocycles. The normalized spacial score (nSPS) is 11.7. The van der Waals surface area contributed by atoms with Gasteiger partial charge in [0.2, 0.25) is 0 Å². The molecule has 2 aromatic heterocycles. The maximum atomic E-state index is 6.27. The molecule has 0 aliphatic rings. The van der Waals surface area contributed by atoms with Crippen molar-refractivity contribution >= 4 is 55.0 Å². The Morgan fingerprint density at radius 2 is 0.675 bits per heavy atom. The third-order valence-corrected chi connectivity index (χ3v) is 7.89. The smallest absolute Gasteiger partial charge is 0.0541 e. The number of hydrogen-bond donors (Lipinski definition) is 2. The molecule has 4 nitrogen and oxygen atoms in total. The minimum absolute atomic E-state index is 0.649. The van der Waals surface area contributed by atoms with E-state index in [2.05, 4.69) is 124 Å². The van der Waals surface area contributed by atoms with Gasteiger partial charge in [-0.15, -0.1) is 0 Å². The van der Waals surface area contributed by atoms with Crippen LogP contribution >= 0.6 is 0 Å². The number of anilines is 2. The van der Waals surface area contributed by atoms with Gasteiger partial charge in [0.25, 0.3) is 0 Å². The van der Waals surface area contributed by atoms with Crippen molar-refractivity contribution in [1.82, 2.24) is 9.13 Å². The summed E-state index contributed by atoms with van der Waals surface area (Å²) in [4.78, 5) is 0. The second-order valence-corrected chi connectivity index (χ2v) is 10.4. The minimum Gasteiger partial charge on any atom is -0.399 e. The zero-order valence-electron chi connectivity index (χ0n) is 21.8. The zero-order valence-corrected chi connectivity index (χ0v) is 21.8. The molecule has 40 heavy (non-hydrogen) atoms. The molecule has 8 aromatic rings. The number of aromatic nitrogens is 2. The van der Waals surface area contributed by atoms with Gasteiger partial charge in [-0.25, -0.2) is 0 Å². The van der Waals surface area contributed by atoms with Crippen LogP contribution in [0, 0.1) is 0 Å². The Hall–Kier alpha value is -5.48. The molecule has 0 spiro atoms. The second-order valence-electron chi connectivity index (χ2n) is 10.4. The summed E-state index contributed by atoms with van der Waals surface area (Å²) in [5.41, 5.74) is 22.7. The predicted molar refractivity (Wildman–Crippen MR) is 169 cm³/mol. The standard InChI is InChI=1S/C36H26N4/c37-25-17-23(18-26(38)21-25)24-19-27(39-33-13-5-1-9-29(33)30-10-2-6-14-34(30)39)22-28(20-24)40-35-15-7-3-11-31(35)32-12-4-8-16-36(32)40/h1-22H,37-38H2. The van der Waals surface area contributed by atoms with Gasteiger partial charge in [0.1, 0.15) is 0 Å². The molecular weight excluding hydrogens is 488 g/mol. The van der Waals surface area contributed by atoms with E-state index in [1.54, 1.807) is 6.07 Å². The Balaban J connectivity index is 1.51. The number of nitrogen functional groups attached to an aromatic ring is 2. The van der Waals surface area contributed by atoms with E-state index >= 15 is 0 Å². The molecule has 4 heteroatoms. The summed E-state index contributed by atoms with van der Waals surface area (Å²) in [7, 11) is 0. The average molecular weight is 515 g/mol. The second kappa shape index (κ2) is 8.52. The number of para-hydroxylation sites is 4. The summed E-state index contributed by atoms with van der Waals surface area (Å²) in [6.07, 6.45) is 0. The van der Waals surface area contributed by atoms with E-state index in [9.17, 15) is 0 Å². The minimum atomic E-state index is 0.649. The van der Waals surface area contributed by atoms with Crippen LogP contribution in [0.4, 0.5) is 11.4 Å². The quantitative estimate of drug-likeness (QED) is 0.232. The van der Waals surface area contributed by atoms with E-state index in [0.29, 0.717) is 11.4 Å². The number of nitrogens with zero attached hydrogens (tertiary/aromatic N) is 2. The Morgan fingerprint density at radius 3 is 1.05 bits per heavy atom. The third-order valence-electron chi connectivity index (χ3n) is 7.89. The highest BCUT2D eigenvalue weighted by Gasteiger charge is 2.17. The van der Waals surface area contributed by atoms with E-state index in [1.165, 1.54) is 43.6 Å². The van der Waals surface area contributed by atoms with Crippen LogP contribution in [0.3, 0.4) is 0 Å². The average Bonchev–Trinajstić information content (AvgIpc) is 3.50. The van der Waals surface area contributed by atoms with Gasteiger partial charge < -0.3 is 20.6 Å². The molecule has 0 atom stereocenters. The van der Waals surface area contributed by atoms with Crippen molar-refractivity contribution in [1.29, 1.82) is 0 Å². The van der Waals surface area contributed by atoms with Crippen LogP contribution in [0.15, 0.2) is 133 Å². The molecule has 0 fully saturated rings. The molecule has 4 N–H and O–H groups in total. The van der Waals surface area contributed by atoms with Gasteiger partial charge >= 0.3 is 0 Å². The molecule has 0 radical (unpaired) electrons. The molecule has 0 bridgehead atoms. The molecule has 0 saturated heterocycles. The maximum absolute atomic E-state index is 6.27. The van der Waals surface area contributed by atoms with Crippen molar-refractivity contribution < 1.29 is 0 Å². The van der Waals surface area contributed by atoms with Gasteiger partial charge in [0.15, 0.2) is 0 Å². The van der Waals surface area contributed by atoms with Crippen LogP contribution in [0.2, 0.25) is 0 Å². The topological polar surface area (TPSA) is 61.9 Å². The zero-order chi connectivity index (χ0) is 26.8. The fourth-order valence-corrected chi connectivity index (χ4v) is 6.26. The molecular formula is C36H26N4. The van der Waals surface area contributed by atoms with E-state index in [1.807, 2.05) is 12.1 Å². The van der Waals surface area contributed by atoms with E-state index in [-0.39, 0.29) is 0 Å². The molecule has 190 valence electrons.